The van der Waals surface area contributed by atoms with E-state index in [-0.39, 0.29) is 6.29 Å². The number of alkyl halides is 2. The molecule has 0 aliphatic rings. The summed E-state index contributed by atoms with van der Waals surface area (Å²) < 4.78 is 36.3. The average Bonchev–Trinajstić information content (AvgIpc) is 2.03. The van der Waals surface area contributed by atoms with E-state index < -0.39 is 23.5 Å². The number of nitrogens with zero attached hydrogens (tertiary/aromatic N) is 1. The van der Waals surface area contributed by atoms with Gasteiger partial charge in [0.2, 0.25) is 0 Å². The Morgan fingerprint density at radius 3 is 2.67 bits per heavy atom. The number of hydrogen-bond acceptors (Lipinski definition) is 2. The van der Waals surface area contributed by atoms with Gasteiger partial charge in [-0.1, -0.05) is 0 Å². The van der Waals surface area contributed by atoms with E-state index >= 15 is 0 Å². The first-order valence-corrected chi connectivity index (χ1v) is 3.04. The summed E-state index contributed by atoms with van der Waals surface area (Å²) in [7, 11) is 0. The van der Waals surface area contributed by atoms with E-state index in [9.17, 15) is 18.0 Å². The maximum Gasteiger partial charge on any atom is 0.281 e. The number of hydrogen-bond donors (Lipinski definition) is 0. The van der Waals surface area contributed by atoms with Crippen LogP contribution in [0, 0.1) is 5.82 Å². The molecule has 12 heavy (non-hydrogen) atoms. The maximum atomic E-state index is 12.3. The highest BCUT2D eigenvalue weighted by atomic mass is 19.3. The van der Waals surface area contributed by atoms with Crippen LogP contribution in [0.5, 0.6) is 0 Å². The van der Waals surface area contributed by atoms with E-state index in [1.165, 1.54) is 0 Å². The minimum atomic E-state index is -2.86. The van der Waals surface area contributed by atoms with Crippen LogP contribution in [-0.2, 0) is 0 Å². The molecule has 0 radical (unpaired) electrons. The molecule has 0 atom stereocenters. The summed E-state index contributed by atoms with van der Waals surface area (Å²) in [4.78, 5) is 13.2. The Morgan fingerprint density at radius 1 is 1.50 bits per heavy atom. The van der Waals surface area contributed by atoms with Crippen molar-refractivity contribution < 1.29 is 18.0 Å². The Labute approximate surface area is 66.0 Å². The van der Waals surface area contributed by atoms with Gasteiger partial charge in [0.15, 0.2) is 6.29 Å². The lowest BCUT2D eigenvalue weighted by molar-refractivity contribution is 0.110. The van der Waals surface area contributed by atoms with Crippen molar-refractivity contribution in [3.05, 3.63) is 29.3 Å². The largest absolute Gasteiger partial charge is 0.298 e. The summed E-state index contributed by atoms with van der Waals surface area (Å²) in [5, 5.41) is 0. The second-order valence-corrected chi connectivity index (χ2v) is 2.05. The van der Waals surface area contributed by atoms with Crippen LogP contribution in [0.2, 0.25) is 0 Å². The van der Waals surface area contributed by atoms with Crippen molar-refractivity contribution in [1.29, 1.82) is 0 Å². The van der Waals surface area contributed by atoms with Crippen molar-refractivity contribution in [3.63, 3.8) is 0 Å². The monoisotopic (exact) mass is 175 g/mol. The molecule has 64 valence electrons. The van der Waals surface area contributed by atoms with Crippen LogP contribution in [0.15, 0.2) is 12.3 Å². The van der Waals surface area contributed by atoms with Crippen LogP contribution in [0.1, 0.15) is 22.5 Å². The van der Waals surface area contributed by atoms with Gasteiger partial charge in [-0.2, -0.15) is 0 Å². The Bertz CT molecular complexity index is 301. The van der Waals surface area contributed by atoms with Crippen LogP contribution in [-0.4, -0.2) is 11.3 Å². The zero-order chi connectivity index (χ0) is 9.14. The minimum Gasteiger partial charge on any atom is -0.298 e. The highest BCUT2D eigenvalue weighted by Crippen LogP contribution is 2.19. The average molecular weight is 175 g/mol. The second kappa shape index (κ2) is 3.34. The van der Waals surface area contributed by atoms with Crippen LogP contribution in [0.3, 0.4) is 0 Å². The molecule has 0 aliphatic heterocycles. The number of carbonyl (C=O) groups is 1. The number of aldehydes is 1. The normalized spacial score (nSPS) is 10.3. The maximum absolute atomic E-state index is 12.3. The fourth-order valence-electron chi connectivity index (χ4n) is 0.742. The van der Waals surface area contributed by atoms with Gasteiger partial charge in [-0.25, -0.2) is 13.2 Å². The summed E-state index contributed by atoms with van der Waals surface area (Å²) >= 11 is 0. The topological polar surface area (TPSA) is 30.0 Å². The Hall–Kier alpha value is -1.39. The molecule has 1 aromatic rings. The van der Waals surface area contributed by atoms with Gasteiger partial charge in [-0.15, -0.1) is 0 Å². The van der Waals surface area contributed by atoms with Crippen LogP contribution in [0.4, 0.5) is 13.2 Å². The van der Waals surface area contributed by atoms with Crippen molar-refractivity contribution >= 4 is 6.29 Å². The van der Waals surface area contributed by atoms with Crippen molar-refractivity contribution in [2.45, 2.75) is 6.43 Å². The molecule has 0 spiro atoms. The Kier molecular flexibility index (Phi) is 2.42. The van der Waals surface area contributed by atoms with E-state index in [2.05, 4.69) is 4.98 Å². The smallest absolute Gasteiger partial charge is 0.281 e. The van der Waals surface area contributed by atoms with Gasteiger partial charge in [0, 0.05) is 5.56 Å². The molecule has 0 amide bonds. The van der Waals surface area contributed by atoms with E-state index in [0.717, 1.165) is 6.07 Å². The number of pyridine rings is 1. The number of aromatic nitrogens is 1. The Balaban J connectivity index is 3.20. The molecule has 1 heterocycles. The SMILES string of the molecule is O=Cc1cc(F)cnc1C(F)F. The third kappa shape index (κ3) is 1.61. The van der Waals surface area contributed by atoms with E-state index in [4.69, 9.17) is 0 Å². The molecule has 0 unspecified atom stereocenters. The molecule has 1 rings (SSSR count). The number of halogens is 3. The van der Waals surface area contributed by atoms with Crippen molar-refractivity contribution in [2.75, 3.05) is 0 Å². The highest BCUT2D eigenvalue weighted by Gasteiger charge is 2.14. The van der Waals surface area contributed by atoms with E-state index in [1.807, 2.05) is 0 Å². The van der Waals surface area contributed by atoms with Gasteiger partial charge in [-0.05, 0) is 6.07 Å². The van der Waals surface area contributed by atoms with Crippen LogP contribution in [0.25, 0.3) is 0 Å². The molecule has 0 N–H and O–H groups in total. The lowest BCUT2D eigenvalue weighted by Gasteiger charge is -2.00. The predicted molar refractivity (Wildman–Crippen MR) is 34.5 cm³/mol. The predicted octanol–water partition coefficient (Wildman–Crippen LogP) is 1.97. The summed E-state index contributed by atoms with van der Waals surface area (Å²) in [6.45, 7) is 0. The van der Waals surface area contributed by atoms with E-state index in [0.29, 0.717) is 6.20 Å². The molecular weight excluding hydrogens is 171 g/mol. The molecule has 5 heteroatoms. The zero-order valence-electron chi connectivity index (χ0n) is 5.80. The first-order chi connectivity index (χ1) is 5.65. The summed E-state index contributed by atoms with van der Waals surface area (Å²) in [6.07, 6.45) is -2.06. The minimum absolute atomic E-state index is 0.150. The molecule has 0 saturated heterocycles. The summed E-state index contributed by atoms with van der Waals surface area (Å²) in [5.74, 6) is -0.804. The van der Waals surface area contributed by atoms with Gasteiger partial charge in [0.1, 0.15) is 11.5 Å². The number of rotatable bonds is 2. The summed E-state index contributed by atoms with van der Waals surface area (Å²) in [6, 6.07) is 0.724. The van der Waals surface area contributed by atoms with Gasteiger partial charge in [-0.3, -0.25) is 9.78 Å². The zero-order valence-corrected chi connectivity index (χ0v) is 5.80. The molecule has 1 aromatic heterocycles. The standard InChI is InChI=1S/C7H4F3NO/c8-5-1-4(3-12)6(7(9)10)11-2-5/h1-3,7H. The molecule has 0 saturated carbocycles. The van der Waals surface area contributed by atoms with Crippen LogP contribution >= 0.6 is 0 Å². The molecular formula is C7H4F3NO. The fourth-order valence-corrected chi connectivity index (χ4v) is 0.742. The molecule has 0 bridgehead atoms. The second-order valence-electron chi connectivity index (χ2n) is 2.05. The molecule has 0 fully saturated rings. The van der Waals surface area contributed by atoms with E-state index in [1.54, 1.807) is 0 Å². The quantitative estimate of drug-likeness (QED) is 0.643. The fraction of sp³-hybridized carbons (Fsp3) is 0.143. The van der Waals surface area contributed by atoms with Gasteiger partial charge in [0.05, 0.1) is 6.20 Å². The third-order valence-electron chi connectivity index (χ3n) is 1.25. The Morgan fingerprint density at radius 2 is 2.17 bits per heavy atom. The molecule has 2 nitrogen and oxygen atoms in total. The first-order valence-electron chi connectivity index (χ1n) is 3.04. The molecule has 0 aliphatic carbocycles. The van der Waals surface area contributed by atoms with Crippen molar-refractivity contribution in [3.8, 4) is 0 Å². The van der Waals surface area contributed by atoms with Gasteiger partial charge in [0.25, 0.3) is 6.43 Å². The van der Waals surface area contributed by atoms with Crippen molar-refractivity contribution in [2.24, 2.45) is 0 Å². The van der Waals surface area contributed by atoms with Gasteiger partial charge >= 0.3 is 0 Å². The van der Waals surface area contributed by atoms with Gasteiger partial charge < -0.3 is 0 Å². The summed E-state index contributed by atoms with van der Waals surface area (Å²) in [5.41, 5.74) is -1.10. The lowest BCUT2D eigenvalue weighted by Crippen LogP contribution is -1.98. The first kappa shape index (κ1) is 8.70. The third-order valence-corrected chi connectivity index (χ3v) is 1.25. The molecule has 0 aromatic carbocycles. The number of carbonyl (C=O) groups excluding carboxylic acids is 1. The van der Waals surface area contributed by atoms with Crippen molar-refractivity contribution in [1.82, 2.24) is 4.98 Å². The lowest BCUT2D eigenvalue weighted by atomic mass is 10.2. The highest BCUT2D eigenvalue weighted by molar-refractivity contribution is 5.76. The van der Waals surface area contributed by atoms with Crippen LogP contribution < -0.4 is 0 Å².